The van der Waals surface area contributed by atoms with Crippen molar-refractivity contribution in [3.05, 3.63) is 52.0 Å². The van der Waals surface area contributed by atoms with Crippen LogP contribution in [0, 0.1) is 5.92 Å². The van der Waals surface area contributed by atoms with Crippen LogP contribution >= 0.6 is 11.3 Å². The standard InChI is InChI=1S/C24H33N3O2S/c28-24(26-17-20-4-3-12-25-16-20)9-6-19-10-13-27(14-11-19)18-21-7-8-23(30-21)22-5-1-2-15-29-22/h3-4,7-8,12,16,19,22H,1-2,5-6,9-11,13-15,17-18H2,(H,26,28)/t22-/m1/s1. The van der Waals surface area contributed by atoms with Crippen molar-refractivity contribution < 1.29 is 9.53 Å². The average Bonchev–Trinajstić information content (AvgIpc) is 3.27. The fourth-order valence-corrected chi connectivity index (χ4v) is 5.54. The maximum atomic E-state index is 12.1. The van der Waals surface area contributed by atoms with Crippen molar-refractivity contribution >= 4 is 17.2 Å². The van der Waals surface area contributed by atoms with Crippen LogP contribution in [0.1, 0.15) is 66.4 Å². The van der Waals surface area contributed by atoms with Gasteiger partial charge in [-0.15, -0.1) is 11.3 Å². The number of carbonyl (C=O) groups is 1. The first-order chi connectivity index (χ1) is 14.8. The van der Waals surface area contributed by atoms with Gasteiger partial charge in [0.15, 0.2) is 0 Å². The van der Waals surface area contributed by atoms with Gasteiger partial charge in [0.1, 0.15) is 0 Å². The second-order valence-electron chi connectivity index (χ2n) is 8.56. The first-order valence-corrected chi connectivity index (χ1v) is 12.2. The molecule has 2 aromatic heterocycles. The monoisotopic (exact) mass is 427 g/mol. The number of aromatic nitrogens is 1. The highest BCUT2D eigenvalue weighted by Gasteiger charge is 2.22. The number of piperidine rings is 1. The lowest BCUT2D eigenvalue weighted by molar-refractivity contribution is -0.121. The number of carbonyl (C=O) groups excluding carboxylic acids is 1. The molecular formula is C24H33N3O2S. The molecule has 0 radical (unpaired) electrons. The number of hydrogen-bond acceptors (Lipinski definition) is 5. The zero-order valence-electron chi connectivity index (χ0n) is 17.7. The Morgan fingerprint density at radius 3 is 2.87 bits per heavy atom. The molecule has 0 aromatic carbocycles. The minimum atomic E-state index is 0.150. The Hall–Kier alpha value is -1.76. The Morgan fingerprint density at radius 1 is 1.20 bits per heavy atom. The zero-order valence-corrected chi connectivity index (χ0v) is 18.5. The molecule has 5 nitrogen and oxygen atoms in total. The maximum Gasteiger partial charge on any atom is 0.220 e. The fourth-order valence-electron chi connectivity index (χ4n) is 4.40. The average molecular weight is 428 g/mol. The van der Waals surface area contributed by atoms with Crippen molar-refractivity contribution in [1.29, 1.82) is 0 Å². The molecule has 1 atom stereocenters. The predicted octanol–water partition coefficient (Wildman–Crippen LogP) is 4.69. The number of rotatable bonds is 8. The first-order valence-electron chi connectivity index (χ1n) is 11.3. The molecule has 2 fully saturated rings. The second kappa shape index (κ2) is 11.0. The van der Waals surface area contributed by atoms with E-state index in [0.29, 0.717) is 25.0 Å². The topological polar surface area (TPSA) is 54.5 Å². The van der Waals surface area contributed by atoms with Gasteiger partial charge in [-0.3, -0.25) is 14.7 Å². The van der Waals surface area contributed by atoms with Crippen LogP contribution in [-0.2, 0) is 22.6 Å². The van der Waals surface area contributed by atoms with Crippen molar-refractivity contribution in [3.8, 4) is 0 Å². The molecule has 2 aliphatic rings. The van der Waals surface area contributed by atoms with Crippen LogP contribution in [0.25, 0.3) is 0 Å². The van der Waals surface area contributed by atoms with E-state index in [9.17, 15) is 4.79 Å². The Kier molecular flexibility index (Phi) is 7.89. The van der Waals surface area contributed by atoms with Crippen molar-refractivity contribution in [1.82, 2.24) is 15.2 Å². The molecule has 4 rings (SSSR count). The summed E-state index contributed by atoms with van der Waals surface area (Å²) in [5, 5.41) is 3.01. The molecule has 0 saturated carbocycles. The van der Waals surface area contributed by atoms with Gasteiger partial charge in [-0.2, -0.15) is 0 Å². The molecule has 2 saturated heterocycles. The second-order valence-corrected chi connectivity index (χ2v) is 9.76. The molecular weight excluding hydrogens is 394 g/mol. The van der Waals surface area contributed by atoms with Gasteiger partial charge in [0, 0.05) is 48.3 Å². The number of likely N-dealkylation sites (tertiary alicyclic amines) is 1. The van der Waals surface area contributed by atoms with Crippen molar-refractivity contribution in [2.75, 3.05) is 19.7 Å². The minimum Gasteiger partial charge on any atom is -0.373 e. The normalized spacial score (nSPS) is 20.9. The third kappa shape index (κ3) is 6.37. The lowest BCUT2D eigenvalue weighted by atomic mass is 9.92. The van der Waals surface area contributed by atoms with Crippen molar-refractivity contribution in [2.24, 2.45) is 5.92 Å². The fraction of sp³-hybridized carbons (Fsp3) is 0.583. The van der Waals surface area contributed by atoms with Gasteiger partial charge < -0.3 is 10.1 Å². The lowest BCUT2D eigenvalue weighted by Crippen LogP contribution is -2.33. The zero-order chi connectivity index (χ0) is 20.6. The highest BCUT2D eigenvalue weighted by Crippen LogP contribution is 2.33. The summed E-state index contributed by atoms with van der Waals surface area (Å²) >= 11 is 1.93. The van der Waals surface area contributed by atoms with Crippen LogP contribution in [0.15, 0.2) is 36.7 Å². The van der Waals surface area contributed by atoms with Crippen LogP contribution in [0.2, 0.25) is 0 Å². The van der Waals surface area contributed by atoms with Gasteiger partial charge in [-0.1, -0.05) is 6.07 Å². The molecule has 0 spiro atoms. The number of ether oxygens (including phenoxy) is 1. The molecule has 1 N–H and O–H groups in total. The smallest absolute Gasteiger partial charge is 0.220 e. The van der Waals surface area contributed by atoms with Gasteiger partial charge in [-0.05, 0) is 81.3 Å². The SMILES string of the molecule is O=C(CCC1CCN(Cc2ccc([C@H]3CCCCO3)s2)CC1)NCc1cccnc1. The quantitative estimate of drug-likeness (QED) is 0.664. The molecule has 4 heterocycles. The van der Waals surface area contributed by atoms with E-state index in [-0.39, 0.29) is 5.91 Å². The molecule has 0 aliphatic carbocycles. The van der Waals surface area contributed by atoms with Crippen molar-refractivity contribution in [3.63, 3.8) is 0 Å². The van der Waals surface area contributed by atoms with Gasteiger partial charge in [-0.25, -0.2) is 0 Å². The molecule has 162 valence electrons. The Labute approximate surface area is 183 Å². The molecule has 1 amide bonds. The van der Waals surface area contributed by atoms with Crippen LogP contribution in [-0.4, -0.2) is 35.5 Å². The summed E-state index contributed by atoms with van der Waals surface area (Å²) in [6, 6.07) is 8.45. The van der Waals surface area contributed by atoms with E-state index in [1.807, 2.05) is 23.5 Å². The summed E-state index contributed by atoms with van der Waals surface area (Å²) in [5.41, 5.74) is 1.05. The van der Waals surface area contributed by atoms with Crippen LogP contribution in [0.3, 0.4) is 0 Å². The summed E-state index contributed by atoms with van der Waals surface area (Å²) in [4.78, 5) is 21.6. The lowest BCUT2D eigenvalue weighted by Gasteiger charge is -2.31. The number of thiophene rings is 1. The highest BCUT2D eigenvalue weighted by molar-refractivity contribution is 7.12. The minimum absolute atomic E-state index is 0.150. The summed E-state index contributed by atoms with van der Waals surface area (Å²) in [5.74, 6) is 0.817. The summed E-state index contributed by atoms with van der Waals surface area (Å²) < 4.78 is 5.93. The van der Waals surface area contributed by atoms with E-state index in [1.165, 1.54) is 41.9 Å². The maximum absolute atomic E-state index is 12.1. The molecule has 2 aliphatic heterocycles. The van der Waals surface area contributed by atoms with Gasteiger partial charge >= 0.3 is 0 Å². The van der Waals surface area contributed by atoms with Crippen LogP contribution in [0.4, 0.5) is 0 Å². The van der Waals surface area contributed by atoms with Gasteiger partial charge in [0.25, 0.3) is 0 Å². The van der Waals surface area contributed by atoms with Gasteiger partial charge in [0.2, 0.25) is 5.91 Å². The van der Waals surface area contributed by atoms with E-state index >= 15 is 0 Å². The predicted molar refractivity (Wildman–Crippen MR) is 120 cm³/mol. The third-order valence-electron chi connectivity index (χ3n) is 6.26. The molecule has 0 unspecified atom stereocenters. The summed E-state index contributed by atoms with van der Waals surface area (Å²) in [7, 11) is 0. The van der Waals surface area contributed by atoms with E-state index in [1.54, 1.807) is 12.4 Å². The molecule has 0 bridgehead atoms. The number of amides is 1. The van der Waals surface area contributed by atoms with E-state index in [4.69, 9.17) is 4.74 Å². The van der Waals surface area contributed by atoms with Crippen LogP contribution < -0.4 is 5.32 Å². The van der Waals surface area contributed by atoms with Crippen molar-refractivity contribution in [2.45, 2.75) is 64.1 Å². The van der Waals surface area contributed by atoms with Crippen LogP contribution in [0.5, 0.6) is 0 Å². The van der Waals surface area contributed by atoms with E-state index in [0.717, 1.165) is 38.2 Å². The van der Waals surface area contributed by atoms with E-state index < -0.39 is 0 Å². The number of pyridine rings is 1. The number of nitrogens with zero attached hydrogens (tertiary/aromatic N) is 2. The number of nitrogens with one attached hydrogen (secondary N) is 1. The highest BCUT2D eigenvalue weighted by atomic mass is 32.1. The Bertz CT molecular complexity index is 781. The third-order valence-corrected chi connectivity index (χ3v) is 7.42. The molecule has 2 aromatic rings. The first kappa shape index (κ1) is 21.5. The van der Waals surface area contributed by atoms with Gasteiger partial charge in [0.05, 0.1) is 6.10 Å². The largest absolute Gasteiger partial charge is 0.373 e. The Morgan fingerprint density at radius 2 is 2.10 bits per heavy atom. The summed E-state index contributed by atoms with van der Waals surface area (Å²) in [6.45, 7) is 4.80. The van der Waals surface area contributed by atoms with E-state index in [2.05, 4.69) is 27.3 Å². The molecule has 30 heavy (non-hydrogen) atoms. The Balaban J connectivity index is 1.13. The summed E-state index contributed by atoms with van der Waals surface area (Å²) in [6.07, 6.45) is 11.5. The molecule has 6 heteroatoms. The number of hydrogen-bond donors (Lipinski definition) is 1.